The van der Waals surface area contributed by atoms with Crippen molar-refractivity contribution < 1.29 is 4.79 Å². The topological polar surface area (TPSA) is 41.1 Å². The molecule has 1 saturated heterocycles. The molecule has 0 unspecified atom stereocenters. The summed E-state index contributed by atoms with van der Waals surface area (Å²) in [6.45, 7) is 8.02. The van der Waals surface area contributed by atoms with Crippen molar-refractivity contribution in [2.24, 2.45) is 11.8 Å². The molecule has 3 nitrogen and oxygen atoms in total. The van der Waals surface area contributed by atoms with E-state index in [2.05, 4.69) is 30.5 Å². The van der Waals surface area contributed by atoms with Gasteiger partial charge in [-0.1, -0.05) is 32.0 Å². The van der Waals surface area contributed by atoms with Crippen molar-refractivity contribution in [3.8, 4) is 0 Å². The van der Waals surface area contributed by atoms with Crippen LogP contribution in [0.1, 0.15) is 25.0 Å². The van der Waals surface area contributed by atoms with Crippen molar-refractivity contribution >= 4 is 11.6 Å². The highest BCUT2D eigenvalue weighted by Crippen LogP contribution is 2.24. The van der Waals surface area contributed by atoms with Gasteiger partial charge < -0.3 is 10.6 Å². The van der Waals surface area contributed by atoms with E-state index in [-0.39, 0.29) is 11.8 Å². The Bertz CT molecular complexity index is 442. The normalized spacial score (nSPS) is 23.1. The second kappa shape index (κ2) is 5.53. The van der Waals surface area contributed by atoms with E-state index in [0.717, 1.165) is 30.8 Å². The van der Waals surface area contributed by atoms with Gasteiger partial charge in [-0.3, -0.25) is 4.79 Å². The summed E-state index contributed by atoms with van der Waals surface area (Å²) in [5.41, 5.74) is 3.35. The van der Waals surface area contributed by atoms with Crippen molar-refractivity contribution in [1.29, 1.82) is 0 Å². The molecule has 98 valence electrons. The molecule has 18 heavy (non-hydrogen) atoms. The van der Waals surface area contributed by atoms with Gasteiger partial charge in [0, 0.05) is 12.2 Å². The van der Waals surface area contributed by atoms with E-state index in [1.54, 1.807) is 0 Å². The molecule has 0 saturated carbocycles. The fourth-order valence-electron chi connectivity index (χ4n) is 2.58. The Labute approximate surface area is 109 Å². The predicted octanol–water partition coefficient (Wildman–Crippen LogP) is 2.35. The molecule has 1 aliphatic rings. The zero-order valence-electron chi connectivity index (χ0n) is 11.4. The summed E-state index contributed by atoms with van der Waals surface area (Å²) in [4.78, 5) is 12.3. The first-order chi connectivity index (χ1) is 8.63. The number of para-hydroxylation sites is 1. The van der Waals surface area contributed by atoms with Crippen LogP contribution in [0, 0.1) is 18.8 Å². The smallest absolute Gasteiger partial charge is 0.229 e. The number of carbonyl (C=O) groups is 1. The molecule has 2 atom stereocenters. The van der Waals surface area contributed by atoms with E-state index < -0.39 is 0 Å². The molecule has 1 aliphatic heterocycles. The van der Waals surface area contributed by atoms with Crippen molar-refractivity contribution in [3.05, 3.63) is 29.3 Å². The molecule has 1 aromatic rings. The molecule has 0 bridgehead atoms. The molecule has 0 aliphatic carbocycles. The highest BCUT2D eigenvalue weighted by Gasteiger charge is 2.29. The van der Waals surface area contributed by atoms with E-state index in [0.29, 0.717) is 5.92 Å². The van der Waals surface area contributed by atoms with Crippen molar-refractivity contribution in [1.82, 2.24) is 5.32 Å². The standard InChI is InChI=1S/C15H22N2O/c1-4-12-7-5-6-10(2)14(12)17-15(18)13-9-16-8-11(13)3/h5-7,11,13,16H,4,8-9H2,1-3H3,(H,17,18)/t11-,13-/m1/s1. The lowest BCUT2D eigenvalue weighted by atomic mass is 9.96. The number of amides is 1. The second-order valence-electron chi connectivity index (χ2n) is 5.19. The minimum absolute atomic E-state index is 0.0920. The van der Waals surface area contributed by atoms with Crippen LogP contribution in [0.15, 0.2) is 18.2 Å². The molecule has 1 fully saturated rings. The van der Waals surface area contributed by atoms with Gasteiger partial charge in [0.1, 0.15) is 0 Å². The molecule has 0 spiro atoms. The van der Waals surface area contributed by atoms with Gasteiger partial charge in [0.2, 0.25) is 5.91 Å². The number of aryl methyl sites for hydroxylation is 2. The Morgan fingerprint density at radius 3 is 2.83 bits per heavy atom. The van der Waals surface area contributed by atoms with E-state index in [9.17, 15) is 4.79 Å². The number of hydrogen-bond donors (Lipinski definition) is 2. The fourth-order valence-corrected chi connectivity index (χ4v) is 2.58. The first kappa shape index (κ1) is 13.1. The number of carbonyl (C=O) groups excluding carboxylic acids is 1. The average Bonchev–Trinajstić information content (AvgIpc) is 2.78. The van der Waals surface area contributed by atoms with Gasteiger partial charge in [-0.05, 0) is 36.9 Å². The molecule has 0 aromatic heterocycles. The molecule has 3 heteroatoms. The zero-order valence-corrected chi connectivity index (χ0v) is 11.4. The van der Waals surface area contributed by atoms with Gasteiger partial charge in [-0.15, -0.1) is 0 Å². The summed E-state index contributed by atoms with van der Waals surface area (Å²) < 4.78 is 0. The first-order valence-electron chi connectivity index (χ1n) is 6.73. The summed E-state index contributed by atoms with van der Waals surface area (Å²) in [5, 5.41) is 6.39. The maximum absolute atomic E-state index is 12.3. The van der Waals surface area contributed by atoms with Gasteiger partial charge in [0.15, 0.2) is 0 Å². The van der Waals surface area contributed by atoms with Crippen LogP contribution in [-0.4, -0.2) is 19.0 Å². The minimum Gasteiger partial charge on any atom is -0.325 e. The van der Waals surface area contributed by atoms with E-state index in [4.69, 9.17) is 0 Å². The number of benzene rings is 1. The number of anilines is 1. The third kappa shape index (κ3) is 2.56. The van der Waals surface area contributed by atoms with Crippen LogP contribution < -0.4 is 10.6 Å². The Morgan fingerprint density at radius 2 is 2.22 bits per heavy atom. The van der Waals surface area contributed by atoms with Crippen LogP contribution >= 0.6 is 0 Å². The average molecular weight is 246 g/mol. The van der Waals surface area contributed by atoms with E-state index in [1.165, 1.54) is 5.56 Å². The Kier molecular flexibility index (Phi) is 4.02. The van der Waals surface area contributed by atoms with Crippen LogP contribution in [0.5, 0.6) is 0 Å². The maximum atomic E-state index is 12.3. The maximum Gasteiger partial charge on any atom is 0.229 e. The van der Waals surface area contributed by atoms with Crippen molar-refractivity contribution in [2.75, 3.05) is 18.4 Å². The van der Waals surface area contributed by atoms with Gasteiger partial charge in [0.05, 0.1) is 5.92 Å². The fraction of sp³-hybridized carbons (Fsp3) is 0.533. The molecule has 1 heterocycles. The largest absolute Gasteiger partial charge is 0.325 e. The Morgan fingerprint density at radius 1 is 1.44 bits per heavy atom. The van der Waals surface area contributed by atoms with Crippen molar-refractivity contribution in [3.63, 3.8) is 0 Å². The van der Waals surface area contributed by atoms with E-state index in [1.807, 2.05) is 19.1 Å². The quantitative estimate of drug-likeness (QED) is 0.859. The summed E-state index contributed by atoms with van der Waals surface area (Å²) in [6.07, 6.45) is 0.940. The van der Waals surface area contributed by atoms with Gasteiger partial charge in [0.25, 0.3) is 0 Å². The second-order valence-corrected chi connectivity index (χ2v) is 5.19. The lowest BCUT2D eigenvalue weighted by molar-refractivity contribution is -0.120. The number of nitrogens with one attached hydrogen (secondary N) is 2. The van der Waals surface area contributed by atoms with Crippen LogP contribution in [0.25, 0.3) is 0 Å². The molecule has 1 aromatic carbocycles. The van der Waals surface area contributed by atoms with Crippen LogP contribution in [-0.2, 0) is 11.2 Å². The molecule has 0 radical (unpaired) electrons. The van der Waals surface area contributed by atoms with Gasteiger partial charge >= 0.3 is 0 Å². The minimum atomic E-state index is 0.0920. The van der Waals surface area contributed by atoms with E-state index >= 15 is 0 Å². The summed E-state index contributed by atoms with van der Waals surface area (Å²) in [6, 6.07) is 6.17. The number of hydrogen-bond acceptors (Lipinski definition) is 2. The molecule has 1 amide bonds. The summed E-state index contributed by atoms with van der Waals surface area (Å²) in [7, 11) is 0. The lowest BCUT2D eigenvalue weighted by Gasteiger charge is -2.17. The molecular weight excluding hydrogens is 224 g/mol. The predicted molar refractivity (Wildman–Crippen MR) is 74.7 cm³/mol. The molecule has 2 N–H and O–H groups in total. The van der Waals surface area contributed by atoms with Gasteiger partial charge in [-0.25, -0.2) is 0 Å². The summed E-state index contributed by atoms with van der Waals surface area (Å²) in [5.74, 6) is 0.657. The molecular formula is C15H22N2O. The number of rotatable bonds is 3. The zero-order chi connectivity index (χ0) is 13.1. The molecule has 2 rings (SSSR count). The lowest BCUT2D eigenvalue weighted by Crippen LogP contribution is -2.28. The highest BCUT2D eigenvalue weighted by atomic mass is 16.1. The monoisotopic (exact) mass is 246 g/mol. The van der Waals surface area contributed by atoms with Crippen LogP contribution in [0.2, 0.25) is 0 Å². The van der Waals surface area contributed by atoms with Crippen LogP contribution in [0.3, 0.4) is 0 Å². The van der Waals surface area contributed by atoms with Gasteiger partial charge in [-0.2, -0.15) is 0 Å². The Balaban J connectivity index is 2.16. The highest BCUT2D eigenvalue weighted by molar-refractivity contribution is 5.94. The first-order valence-corrected chi connectivity index (χ1v) is 6.73. The van der Waals surface area contributed by atoms with Crippen LogP contribution in [0.4, 0.5) is 5.69 Å². The third-order valence-corrected chi connectivity index (χ3v) is 3.84. The third-order valence-electron chi connectivity index (χ3n) is 3.84. The Hall–Kier alpha value is -1.35. The summed E-state index contributed by atoms with van der Waals surface area (Å²) >= 11 is 0. The SMILES string of the molecule is CCc1cccc(C)c1NC(=O)[C@@H]1CNC[C@H]1C. The van der Waals surface area contributed by atoms with Crippen molar-refractivity contribution in [2.45, 2.75) is 27.2 Å².